The van der Waals surface area contributed by atoms with Gasteiger partial charge in [-0.25, -0.2) is 0 Å². The Morgan fingerprint density at radius 3 is 2.71 bits per heavy atom. The van der Waals surface area contributed by atoms with Gasteiger partial charge in [-0.05, 0) is 25.9 Å². The van der Waals surface area contributed by atoms with Crippen LogP contribution in [0.1, 0.15) is 26.2 Å². The van der Waals surface area contributed by atoms with Gasteiger partial charge in [0.25, 0.3) is 0 Å². The Morgan fingerprint density at radius 1 is 1.33 bits per heavy atom. The van der Waals surface area contributed by atoms with Gasteiger partial charge in [0.1, 0.15) is 0 Å². The number of amides is 2. The highest BCUT2D eigenvalue weighted by molar-refractivity contribution is 5.89. The molecule has 24 heavy (non-hydrogen) atoms. The maximum Gasteiger partial charge on any atom is 0.225 e. The van der Waals surface area contributed by atoms with E-state index < -0.39 is 0 Å². The van der Waals surface area contributed by atoms with Gasteiger partial charge < -0.3 is 15.5 Å². The largest absolute Gasteiger partial charge is 0.355 e. The predicted octanol–water partition coefficient (Wildman–Crippen LogP) is 0.498. The number of likely N-dealkylation sites (tertiary alicyclic amines) is 2. The number of likely N-dealkylation sites (N-methyl/N-ethyl adjacent to an activating group) is 1. The molecular weight excluding hydrogens is 351 g/mol. The number of rotatable bonds is 6. The zero-order valence-corrected chi connectivity index (χ0v) is 16.0. The minimum absolute atomic E-state index is 0. The molecule has 0 spiro atoms. The SMILES string of the molecule is CCN1CCCC1CN1CC(C(=O)NCC2CNC2)CC1=O.Cl.Cl. The van der Waals surface area contributed by atoms with Crippen LogP contribution in [0.5, 0.6) is 0 Å². The van der Waals surface area contributed by atoms with Gasteiger partial charge in [0.05, 0.1) is 5.92 Å². The van der Waals surface area contributed by atoms with Crippen LogP contribution in [-0.4, -0.2) is 73.5 Å². The van der Waals surface area contributed by atoms with Gasteiger partial charge in [-0.2, -0.15) is 0 Å². The van der Waals surface area contributed by atoms with E-state index in [-0.39, 0.29) is 42.5 Å². The number of carbonyl (C=O) groups excluding carboxylic acids is 2. The second-order valence-corrected chi connectivity index (χ2v) is 6.89. The van der Waals surface area contributed by atoms with Gasteiger partial charge in [-0.1, -0.05) is 6.92 Å². The van der Waals surface area contributed by atoms with E-state index in [0.717, 1.165) is 39.3 Å². The molecule has 0 saturated carbocycles. The lowest BCUT2D eigenvalue weighted by atomic mass is 10.0. The van der Waals surface area contributed by atoms with E-state index in [9.17, 15) is 9.59 Å². The molecule has 0 bridgehead atoms. The Bertz CT molecular complexity index is 434. The van der Waals surface area contributed by atoms with E-state index in [1.165, 1.54) is 12.8 Å². The van der Waals surface area contributed by atoms with Gasteiger partial charge in [-0.3, -0.25) is 14.5 Å². The molecule has 3 aliphatic rings. The van der Waals surface area contributed by atoms with Crippen LogP contribution in [0.2, 0.25) is 0 Å². The van der Waals surface area contributed by atoms with Crippen molar-refractivity contribution < 1.29 is 9.59 Å². The van der Waals surface area contributed by atoms with Gasteiger partial charge in [-0.15, -0.1) is 24.8 Å². The molecule has 3 saturated heterocycles. The zero-order valence-electron chi connectivity index (χ0n) is 14.3. The minimum atomic E-state index is -0.156. The zero-order chi connectivity index (χ0) is 15.5. The van der Waals surface area contributed by atoms with Crippen LogP contribution in [-0.2, 0) is 9.59 Å². The molecule has 2 unspecified atom stereocenters. The van der Waals surface area contributed by atoms with Crippen molar-refractivity contribution in [1.29, 1.82) is 0 Å². The summed E-state index contributed by atoms with van der Waals surface area (Å²) in [7, 11) is 0. The first-order chi connectivity index (χ1) is 10.7. The Hall–Kier alpha value is -0.560. The highest BCUT2D eigenvalue weighted by atomic mass is 35.5. The van der Waals surface area contributed by atoms with Crippen molar-refractivity contribution in [2.45, 2.75) is 32.2 Å². The number of halogens is 2. The molecule has 3 rings (SSSR count). The summed E-state index contributed by atoms with van der Waals surface area (Å²) in [4.78, 5) is 28.8. The fourth-order valence-corrected chi connectivity index (χ4v) is 3.78. The molecule has 0 radical (unpaired) electrons. The first kappa shape index (κ1) is 21.5. The number of carbonyl (C=O) groups is 2. The van der Waals surface area contributed by atoms with Gasteiger partial charge in [0.2, 0.25) is 11.8 Å². The van der Waals surface area contributed by atoms with Crippen LogP contribution in [0.25, 0.3) is 0 Å². The molecule has 3 fully saturated rings. The summed E-state index contributed by atoms with van der Waals surface area (Å²) in [5, 5.41) is 6.21. The molecule has 0 aromatic heterocycles. The highest BCUT2D eigenvalue weighted by Gasteiger charge is 2.37. The summed E-state index contributed by atoms with van der Waals surface area (Å²) in [6, 6.07) is 0.483. The van der Waals surface area contributed by atoms with Crippen molar-refractivity contribution >= 4 is 36.6 Å². The lowest BCUT2D eigenvalue weighted by Crippen LogP contribution is -2.49. The Balaban J connectivity index is 0.00000144. The normalized spacial score (nSPS) is 27.4. The minimum Gasteiger partial charge on any atom is -0.355 e. The Kier molecular flexibility index (Phi) is 8.77. The molecular formula is C16H30Cl2N4O2. The van der Waals surface area contributed by atoms with E-state index >= 15 is 0 Å². The summed E-state index contributed by atoms with van der Waals surface area (Å²) < 4.78 is 0. The molecule has 0 aromatic rings. The summed E-state index contributed by atoms with van der Waals surface area (Å²) in [5.74, 6) is 0.612. The van der Waals surface area contributed by atoms with E-state index in [2.05, 4.69) is 22.5 Å². The van der Waals surface area contributed by atoms with Crippen LogP contribution in [0.3, 0.4) is 0 Å². The summed E-state index contributed by atoms with van der Waals surface area (Å²) in [6.07, 6.45) is 2.77. The molecule has 3 heterocycles. The van der Waals surface area contributed by atoms with Crippen molar-refractivity contribution in [1.82, 2.24) is 20.4 Å². The predicted molar refractivity (Wildman–Crippen MR) is 98.8 cm³/mol. The first-order valence-corrected chi connectivity index (χ1v) is 8.67. The third kappa shape index (κ3) is 4.97. The lowest BCUT2D eigenvalue weighted by molar-refractivity contribution is -0.129. The summed E-state index contributed by atoms with van der Waals surface area (Å²) >= 11 is 0. The van der Waals surface area contributed by atoms with Gasteiger partial charge in [0.15, 0.2) is 0 Å². The van der Waals surface area contributed by atoms with Crippen molar-refractivity contribution in [2.75, 3.05) is 45.8 Å². The van der Waals surface area contributed by atoms with Crippen LogP contribution in [0.4, 0.5) is 0 Å². The summed E-state index contributed by atoms with van der Waals surface area (Å²) in [6.45, 7) is 8.48. The fourth-order valence-electron chi connectivity index (χ4n) is 3.78. The second-order valence-electron chi connectivity index (χ2n) is 6.89. The van der Waals surface area contributed by atoms with E-state index in [0.29, 0.717) is 24.9 Å². The smallest absolute Gasteiger partial charge is 0.225 e. The molecule has 2 N–H and O–H groups in total. The maximum atomic E-state index is 12.2. The number of hydrogen-bond donors (Lipinski definition) is 2. The van der Waals surface area contributed by atoms with Crippen LogP contribution < -0.4 is 10.6 Å². The van der Waals surface area contributed by atoms with Gasteiger partial charge >= 0.3 is 0 Å². The van der Waals surface area contributed by atoms with Crippen LogP contribution >= 0.6 is 24.8 Å². The fraction of sp³-hybridized carbons (Fsp3) is 0.875. The second kappa shape index (κ2) is 9.80. The molecule has 3 aliphatic heterocycles. The third-order valence-electron chi connectivity index (χ3n) is 5.35. The molecule has 0 aliphatic carbocycles. The van der Waals surface area contributed by atoms with E-state index in [1.807, 2.05) is 4.90 Å². The lowest BCUT2D eigenvalue weighted by Gasteiger charge is -2.28. The van der Waals surface area contributed by atoms with Crippen LogP contribution in [0, 0.1) is 11.8 Å². The molecule has 2 amide bonds. The number of nitrogens with zero attached hydrogens (tertiary/aromatic N) is 2. The van der Waals surface area contributed by atoms with E-state index in [1.54, 1.807) is 0 Å². The maximum absolute atomic E-state index is 12.2. The Labute approximate surface area is 156 Å². The number of nitrogens with one attached hydrogen (secondary N) is 2. The molecule has 0 aromatic carbocycles. The molecule has 140 valence electrons. The quantitative estimate of drug-likeness (QED) is 0.703. The molecule has 8 heteroatoms. The summed E-state index contributed by atoms with van der Waals surface area (Å²) in [5.41, 5.74) is 0. The third-order valence-corrected chi connectivity index (χ3v) is 5.35. The molecule has 6 nitrogen and oxygen atoms in total. The monoisotopic (exact) mass is 380 g/mol. The standard InChI is InChI=1S/C16H28N4O2.2ClH/c1-2-19-5-3-4-14(19)11-20-10-13(6-15(20)21)16(22)18-9-12-7-17-8-12;;/h12-14,17H,2-11H2,1H3,(H,18,22);2*1H. The van der Waals surface area contributed by atoms with Crippen LogP contribution in [0.15, 0.2) is 0 Å². The first-order valence-electron chi connectivity index (χ1n) is 8.67. The average Bonchev–Trinajstić information content (AvgIpc) is 3.04. The van der Waals surface area contributed by atoms with Gasteiger partial charge in [0, 0.05) is 51.1 Å². The van der Waals surface area contributed by atoms with E-state index in [4.69, 9.17) is 0 Å². The number of hydrogen-bond acceptors (Lipinski definition) is 4. The van der Waals surface area contributed by atoms with Crippen molar-refractivity contribution in [3.8, 4) is 0 Å². The average molecular weight is 381 g/mol. The van der Waals surface area contributed by atoms with Crippen molar-refractivity contribution in [2.24, 2.45) is 11.8 Å². The van der Waals surface area contributed by atoms with Crippen molar-refractivity contribution in [3.63, 3.8) is 0 Å². The van der Waals surface area contributed by atoms with Crippen molar-refractivity contribution in [3.05, 3.63) is 0 Å². The Morgan fingerprint density at radius 2 is 2.08 bits per heavy atom. The molecule has 2 atom stereocenters. The topological polar surface area (TPSA) is 64.7 Å². The highest BCUT2D eigenvalue weighted by Crippen LogP contribution is 2.23.